The van der Waals surface area contributed by atoms with Crippen LogP contribution in [0.2, 0.25) is 0 Å². The van der Waals surface area contributed by atoms with E-state index >= 15 is 0 Å². The number of nitrogens with one attached hydrogen (secondary N) is 2. The number of benzene rings is 2. The number of aromatic nitrogens is 3. The van der Waals surface area contributed by atoms with Crippen LogP contribution in [0.1, 0.15) is 11.3 Å². The predicted octanol–water partition coefficient (Wildman–Crippen LogP) is 3.47. The fraction of sp³-hybridized carbons (Fsp3) is 0.182. The second-order valence-corrected chi connectivity index (χ2v) is 7.83. The Morgan fingerprint density at radius 2 is 1.94 bits per heavy atom. The van der Waals surface area contributed by atoms with Crippen LogP contribution in [0.3, 0.4) is 0 Å². The molecule has 0 bridgehead atoms. The van der Waals surface area contributed by atoms with Gasteiger partial charge in [-0.3, -0.25) is 4.79 Å². The molecule has 0 radical (unpaired) electrons. The van der Waals surface area contributed by atoms with Crippen LogP contribution in [0.5, 0.6) is 11.5 Å². The van der Waals surface area contributed by atoms with Crippen LogP contribution in [0.15, 0.2) is 53.3 Å². The molecule has 0 saturated heterocycles. The molecule has 2 aromatic carbocycles. The van der Waals surface area contributed by atoms with Gasteiger partial charge in [-0.05, 0) is 24.6 Å². The first-order valence-electron chi connectivity index (χ1n) is 9.71. The number of hydrogen-bond acceptors (Lipinski definition) is 7. The normalized spacial score (nSPS) is 10.7. The molecule has 0 aliphatic rings. The molecule has 2 N–H and O–H groups in total. The molecule has 0 fully saturated rings. The quantitative estimate of drug-likeness (QED) is 0.465. The zero-order valence-corrected chi connectivity index (χ0v) is 18.5. The summed E-state index contributed by atoms with van der Waals surface area (Å²) in [7, 11) is 3.05. The average molecular weight is 452 g/mol. The number of nitrogens with zero attached hydrogens (tertiary/aromatic N) is 3. The smallest absolute Gasteiger partial charge is 0.319 e. The highest BCUT2D eigenvalue weighted by Gasteiger charge is 2.13. The van der Waals surface area contributed by atoms with Crippen molar-refractivity contribution in [2.45, 2.75) is 13.5 Å². The molecule has 10 heteroatoms. The number of fused-ring (bicyclic) bond motifs is 1. The lowest BCUT2D eigenvalue weighted by Gasteiger charge is -2.12. The monoisotopic (exact) mass is 451 g/mol. The summed E-state index contributed by atoms with van der Waals surface area (Å²) in [6, 6.07) is 13.8. The van der Waals surface area contributed by atoms with Crippen LogP contribution in [-0.4, -0.2) is 34.8 Å². The van der Waals surface area contributed by atoms with Crippen molar-refractivity contribution >= 4 is 28.0 Å². The lowest BCUT2D eigenvalue weighted by atomic mass is 10.1. The van der Waals surface area contributed by atoms with E-state index < -0.39 is 6.03 Å². The van der Waals surface area contributed by atoms with Gasteiger partial charge in [-0.2, -0.15) is 9.61 Å². The Morgan fingerprint density at radius 1 is 1.12 bits per heavy atom. The summed E-state index contributed by atoms with van der Waals surface area (Å²) in [5.74, 6) is 1.08. The van der Waals surface area contributed by atoms with Gasteiger partial charge in [0.05, 0.1) is 32.1 Å². The fourth-order valence-corrected chi connectivity index (χ4v) is 4.12. The first kappa shape index (κ1) is 21.3. The largest absolute Gasteiger partial charge is 0.497 e. The van der Waals surface area contributed by atoms with E-state index in [1.54, 1.807) is 25.3 Å². The lowest BCUT2D eigenvalue weighted by Crippen LogP contribution is -2.29. The van der Waals surface area contributed by atoms with Gasteiger partial charge in [0.25, 0.3) is 5.56 Å². The third-order valence-corrected chi connectivity index (χ3v) is 5.70. The number of anilines is 1. The zero-order chi connectivity index (χ0) is 22.7. The number of aryl methyl sites for hydroxylation is 1. The highest BCUT2D eigenvalue weighted by Crippen LogP contribution is 2.29. The number of methoxy groups -OCH3 is 2. The number of amides is 2. The number of ether oxygens (including phenoxy) is 2. The van der Waals surface area contributed by atoms with Crippen molar-refractivity contribution in [1.82, 2.24) is 19.9 Å². The Hall–Kier alpha value is -3.92. The molecule has 0 saturated carbocycles. The van der Waals surface area contributed by atoms with Gasteiger partial charge in [0.1, 0.15) is 16.5 Å². The third kappa shape index (κ3) is 4.40. The number of carbonyl (C=O) groups is 1. The van der Waals surface area contributed by atoms with Gasteiger partial charge in [0, 0.05) is 17.7 Å². The Kier molecular flexibility index (Phi) is 6.04. The molecule has 9 nitrogen and oxygen atoms in total. The molecule has 2 amide bonds. The summed E-state index contributed by atoms with van der Waals surface area (Å²) >= 11 is 1.32. The topological polar surface area (TPSA) is 107 Å². The molecule has 4 rings (SSSR count). The Balaban J connectivity index is 1.49. The van der Waals surface area contributed by atoms with E-state index in [1.165, 1.54) is 29.0 Å². The number of urea groups is 1. The summed E-state index contributed by atoms with van der Waals surface area (Å²) in [5.41, 5.74) is 2.63. The van der Waals surface area contributed by atoms with Gasteiger partial charge in [-0.25, -0.2) is 9.78 Å². The summed E-state index contributed by atoms with van der Waals surface area (Å²) in [4.78, 5) is 29.8. The van der Waals surface area contributed by atoms with Crippen LogP contribution in [0.4, 0.5) is 10.5 Å². The SMILES string of the molecule is COc1ccc(NC(=O)NCc2cc(=O)n3nc(-c4ccccc4C)sc3n2)c(OC)c1. The lowest BCUT2D eigenvalue weighted by molar-refractivity contribution is 0.251. The van der Waals surface area contributed by atoms with Crippen molar-refractivity contribution in [3.63, 3.8) is 0 Å². The van der Waals surface area contributed by atoms with E-state index in [-0.39, 0.29) is 12.1 Å². The third-order valence-electron chi connectivity index (χ3n) is 4.76. The van der Waals surface area contributed by atoms with Crippen molar-refractivity contribution < 1.29 is 14.3 Å². The van der Waals surface area contributed by atoms with E-state index in [4.69, 9.17) is 9.47 Å². The summed E-state index contributed by atoms with van der Waals surface area (Å²) < 4.78 is 11.7. The second kappa shape index (κ2) is 9.06. The van der Waals surface area contributed by atoms with E-state index in [2.05, 4.69) is 20.7 Å². The van der Waals surface area contributed by atoms with Crippen molar-refractivity contribution in [1.29, 1.82) is 0 Å². The fourth-order valence-electron chi connectivity index (χ4n) is 3.11. The first-order chi connectivity index (χ1) is 15.5. The van der Waals surface area contributed by atoms with E-state index in [1.807, 2.05) is 31.2 Å². The zero-order valence-electron chi connectivity index (χ0n) is 17.7. The molecule has 2 aromatic heterocycles. The van der Waals surface area contributed by atoms with Crippen LogP contribution in [-0.2, 0) is 6.54 Å². The number of carbonyl (C=O) groups excluding carboxylic acids is 1. The minimum Gasteiger partial charge on any atom is -0.497 e. The van der Waals surface area contributed by atoms with Gasteiger partial charge in [0.15, 0.2) is 0 Å². The summed E-state index contributed by atoms with van der Waals surface area (Å²) in [6.07, 6.45) is 0. The van der Waals surface area contributed by atoms with Crippen LogP contribution < -0.4 is 25.7 Å². The Bertz CT molecular complexity index is 1350. The average Bonchev–Trinajstić information content (AvgIpc) is 3.23. The van der Waals surface area contributed by atoms with E-state index in [9.17, 15) is 9.59 Å². The molecule has 0 unspecified atom stereocenters. The van der Waals surface area contributed by atoms with Crippen LogP contribution in [0, 0.1) is 6.92 Å². The molecule has 0 spiro atoms. The Labute approximate surface area is 187 Å². The van der Waals surface area contributed by atoms with Gasteiger partial charge in [-0.1, -0.05) is 35.6 Å². The van der Waals surface area contributed by atoms with Crippen LogP contribution in [0.25, 0.3) is 15.5 Å². The summed E-state index contributed by atoms with van der Waals surface area (Å²) in [6.45, 7) is 2.07. The minimum absolute atomic E-state index is 0.0770. The highest BCUT2D eigenvalue weighted by molar-refractivity contribution is 7.19. The molecular formula is C22H21N5O4S. The minimum atomic E-state index is -0.458. The molecule has 4 aromatic rings. The number of rotatable bonds is 6. The van der Waals surface area contributed by atoms with Gasteiger partial charge < -0.3 is 20.1 Å². The molecule has 0 aliphatic carbocycles. The second-order valence-electron chi connectivity index (χ2n) is 6.88. The maximum atomic E-state index is 12.5. The standard InChI is InChI=1S/C22H21N5O4S/c1-13-6-4-5-7-16(13)20-26-27-19(28)10-14(24-22(27)32-20)12-23-21(29)25-17-9-8-15(30-2)11-18(17)31-3/h4-11H,12H2,1-3H3,(H2,23,25,29). The maximum absolute atomic E-state index is 12.5. The maximum Gasteiger partial charge on any atom is 0.319 e. The molecular weight excluding hydrogens is 430 g/mol. The van der Waals surface area contributed by atoms with Crippen molar-refractivity contribution in [3.05, 3.63) is 70.1 Å². The van der Waals surface area contributed by atoms with Gasteiger partial charge in [-0.15, -0.1) is 0 Å². The highest BCUT2D eigenvalue weighted by atomic mass is 32.1. The van der Waals surface area contributed by atoms with Gasteiger partial charge >= 0.3 is 6.03 Å². The first-order valence-corrected chi connectivity index (χ1v) is 10.5. The van der Waals surface area contributed by atoms with E-state index in [0.717, 1.165) is 11.1 Å². The van der Waals surface area contributed by atoms with Crippen molar-refractivity contribution in [3.8, 4) is 22.1 Å². The Morgan fingerprint density at radius 3 is 2.69 bits per heavy atom. The molecule has 32 heavy (non-hydrogen) atoms. The summed E-state index contributed by atoms with van der Waals surface area (Å²) in [5, 5.41) is 10.5. The predicted molar refractivity (Wildman–Crippen MR) is 123 cm³/mol. The molecule has 0 atom stereocenters. The molecule has 164 valence electrons. The molecule has 0 aliphatic heterocycles. The molecule has 2 heterocycles. The van der Waals surface area contributed by atoms with Crippen LogP contribution >= 0.6 is 11.3 Å². The van der Waals surface area contributed by atoms with Gasteiger partial charge in [0.2, 0.25) is 4.96 Å². The van der Waals surface area contributed by atoms with Crippen molar-refractivity contribution in [2.75, 3.05) is 19.5 Å². The van der Waals surface area contributed by atoms with E-state index in [0.29, 0.717) is 32.8 Å². The number of hydrogen-bond donors (Lipinski definition) is 2. The van der Waals surface area contributed by atoms with Crippen molar-refractivity contribution in [2.24, 2.45) is 0 Å².